The molecule has 0 aliphatic heterocycles. The van der Waals surface area contributed by atoms with Gasteiger partial charge in [-0.25, -0.2) is 0 Å². The number of alkyl halides is 3. The fourth-order valence-corrected chi connectivity index (χ4v) is 0.558. The fraction of sp³-hybridized carbons (Fsp3) is 1.00. The normalized spacial score (nSPS) is 15.7. The first-order valence-electron chi connectivity index (χ1n) is 2.74. The Balaban J connectivity index is 3.28. The van der Waals surface area contributed by atoms with Crippen molar-refractivity contribution in [3.8, 4) is 0 Å². The summed E-state index contributed by atoms with van der Waals surface area (Å²) in [4.78, 5) is 0. The van der Waals surface area contributed by atoms with Gasteiger partial charge in [-0.05, 0) is 12.1 Å². The molecular formula is C5H10F3P. The molecule has 0 saturated carbocycles. The van der Waals surface area contributed by atoms with E-state index in [-0.39, 0.29) is 12.1 Å². The molecule has 0 radical (unpaired) electrons. The molecular weight excluding hydrogens is 148 g/mol. The summed E-state index contributed by atoms with van der Waals surface area (Å²) in [7, 11) is 2.34. The van der Waals surface area contributed by atoms with Gasteiger partial charge in [-0.15, -0.1) is 9.24 Å². The van der Waals surface area contributed by atoms with Gasteiger partial charge < -0.3 is 0 Å². The molecule has 0 spiro atoms. The van der Waals surface area contributed by atoms with E-state index < -0.39 is 12.6 Å². The molecule has 4 heteroatoms. The van der Waals surface area contributed by atoms with Crippen LogP contribution in [0.25, 0.3) is 0 Å². The van der Waals surface area contributed by atoms with E-state index in [0.29, 0.717) is 0 Å². The Labute approximate surface area is 55.0 Å². The molecule has 0 aromatic heterocycles. The Hall–Kier alpha value is 0.220. The summed E-state index contributed by atoms with van der Waals surface area (Å²) in [6, 6.07) is 0. The van der Waals surface area contributed by atoms with E-state index in [1.54, 1.807) is 6.92 Å². The molecule has 0 N–H and O–H groups in total. The smallest absolute Gasteiger partial charge is 0.171 e. The third-order valence-electron chi connectivity index (χ3n) is 0.883. The summed E-state index contributed by atoms with van der Waals surface area (Å²) in [6.07, 6.45) is -4.45. The van der Waals surface area contributed by atoms with Crippen LogP contribution in [0.4, 0.5) is 13.2 Å². The maximum absolute atomic E-state index is 11.4. The highest BCUT2D eigenvalue weighted by atomic mass is 31.0. The largest absolute Gasteiger partial charge is 0.389 e. The molecule has 0 aromatic carbocycles. The lowest BCUT2D eigenvalue weighted by Gasteiger charge is -2.06. The van der Waals surface area contributed by atoms with E-state index in [9.17, 15) is 13.2 Å². The highest BCUT2D eigenvalue weighted by Crippen LogP contribution is 2.23. The zero-order chi connectivity index (χ0) is 7.49. The lowest BCUT2D eigenvalue weighted by molar-refractivity contribution is -0.135. The number of halogens is 3. The van der Waals surface area contributed by atoms with Gasteiger partial charge in [0.15, 0.2) is 0 Å². The topological polar surface area (TPSA) is 0 Å². The van der Waals surface area contributed by atoms with Crippen molar-refractivity contribution >= 4 is 9.24 Å². The van der Waals surface area contributed by atoms with Gasteiger partial charge in [0.2, 0.25) is 0 Å². The molecule has 0 nitrogen and oxygen atoms in total. The number of rotatable bonds is 2. The van der Waals surface area contributed by atoms with Crippen molar-refractivity contribution in [2.45, 2.75) is 31.6 Å². The zero-order valence-electron chi connectivity index (χ0n) is 5.20. The summed E-state index contributed by atoms with van der Waals surface area (Å²) in [5.41, 5.74) is 0.0617. The van der Waals surface area contributed by atoms with E-state index in [0.717, 1.165) is 0 Å². The lowest BCUT2D eigenvalue weighted by Crippen LogP contribution is -2.08. The van der Waals surface area contributed by atoms with Gasteiger partial charge in [0.05, 0.1) is 0 Å². The molecule has 2 atom stereocenters. The summed E-state index contributed by atoms with van der Waals surface area (Å²) >= 11 is 0. The van der Waals surface area contributed by atoms with Gasteiger partial charge >= 0.3 is 6.18 Å². The van der Waals surface area contributed by atoms with Crippen LogP contribution in [0, 0.1) is 0 Å². The molecule has 0 heterocycles. The van der Waals surface area contributed by atoms with Crippen LogP contribution in [0.15, 0.2) is 0 Å². The van der Waals surface area contributed by atoms with Crippen LogP contribution < -0.4 is 0 Å². The Morgan fingerprint density at radius 3 is 2.00 bits per heavy atom. The van der Waals surface area contributed by atoms with Gasteiger partial charge in [0.25, 0.3) is 0 Å². The summed E-state index contributed by atoms with van der Waals surface area (Å²) in [5.74, 6) is 0. The average molecular weight is 158 g/mol. The SMILES string of the molecule is CC(P)CCC(F)(F)F. The lowest BCUT2D eigenvalue weighted by atomic mass is 10.2. The number of hydrogen-bond acceptors (Lipinski definition) is 0. The van der Waals surface area contributed by atoms with Gasteiger partial charge in [-0.2, -0.15) is 13.2 Å². The Morgan fingerprint density at radius 2 is 1.89 bits per heavy atom. The van der Waals surface area contributed by atoms with Gasteiger partial charge in [0.1, 0.15) is 0 Å². The van der Waals surface area contributed by atoms with Crippen LogP contribution >= 0.6 is 9.24 Å². The Bertz CT molecular complexity index is 76.8. The molecule has 0 rings (SSSR count). The van der Waals surface area contributed by atoms with Crippen molar-refractivity contribution in [2.24, 2.45) is 0 Å². The molecule has 9 heavy (non-hydrogen) atoms. The fourth-order valence-electron chi connectivity index (χ4n) is 0.391. The molecule has 0 fully saturated rings. The van der Waals surface area contributed by atoms with E-state index in [2.05, 4.69) is 9.24 Å². The second-order valence-corrected chi connectivity index (χ2v) is 3.27. The van der Waals surface area contributed by atoms with Crippen molar-refractivity contribution in [3.05, 3.63) is 0 Å². The summed E-state index contributed by atoms with van der Waals surface area (Å²) in [6.45, 7) is 1.75. The highest BCUT2D eigenvalue weighted by molar-refractivity contribution is 7.17. The molecule has 0 bridgehead atoms. The van der Waals surface area contributed by atoms with Crippen LogP contribution in [0.5, 0.6) is 0 Å². The van der Waals surface area contributed by atoms with Crippen molar-refractivity contribution < 1.29 is 13.2 Å². The van der Waals surface area contributed by atoms with Crippen molar-refractivity contribution in [1.82, 2.24) is 0 Å². The highest BCUT2D eigenvalue weighted by Gasteiger charge is 2.26. The predicted octanol–water partition coefficient (Wildman–Crippen LogP) is 2.59. The van der Waals surface area contributed by atoms with Crippen molar-refractivity contribution in [3.63, 3.8) is 0 Å². The van der Waals surface area contributed by atoms with Crippen LogP contribution in [0.2, 0.25) is 0 Å². The second-order valence-electron chi connectivity index (χ2n) is 2.13. The maximum atomic E-state index is 11.4. The first kappa shape index (κ1) is 9.22. The molecule has 0 saturated heterocycles. The summed E-state index contributed by atoms with van der Waals surface area (Å²) in [5, 5.41) is 0. The average Bonchev–Trinajstić information content (AvgIpc) is 1.59. The first-order valence-corrected chi connectivity index (χ1v) is 3.41. The molecule has 0 aliphatic carbocycles. The molecule has 0 amide bonds. The first-order chi connectivity index (χ1) is 3.92. The van der Waals surface area contributed by atoms with E-state index in [1.165, 1.54) is 0 Å². The van der Waals surface area contributed by atoms with Gasteiger partial charge in [-0.3, -0.25) is 0 Å². The molecule has 2 unspecified atom stereocenters. The standard InChI is InChI=1S/C5H10F3P/c1-4(9)2-3-5(6,7)8/h4H,2-3,9H2,1H3. The quantitative estimate of drug-likeness (QED) is 0.542. The van der Waals surface area contributed by atoms with Gasteiger partial charge in [-0.1, -0.05) is 6.92 Å². The Kier molecular flexibility index (Phi) is 3.49. The minimum atomic E-state index is -3.98. The third kappa shape index (κ3) is 8.22. The monoisotopic (exact) mass is 158 g/mol. The Morgan fingerprint density at radius 1 is 1.44 bits per heavy atom. The minimum Gasteiger partial charge on any atom is -0.171 e. The zero-order valence-corrected chi connectivity index (χ0v) is 6.36. The van der Waals surface area contributed by atoms with Crippen LogP contribution in [0.3, 0.4) is 0 Å². The van der Waals surface area contributed by atoms with Gasteiger partial charge in [0, 0.05) is 6.42 Å². The second kappa shape index (κ2) is 3.40. The van der Waals surface area contributed by atoms with Crippen molar-refractivity contribution in [1.29, 1.82) is 0 Å². The minimum absolute atomic E-state index is 0.0617. The molecule has 56 valence electrons. The van der Waals surface area contributed by atoms with Crippen molar-refractivity contribution in [2.75, 3.05) is 0 Å². The third-order valence-corrected chi connectivity index (χ3v) is 1.22. The maximum Gasteiger partial charge on any atom is 0.389 e. The number of hydrogen-bond donors (Lipinski definition) is 0. The molecule has 0 aliphatic rings. The van der Waals surface area contributed by atoms with Crippen LogP contribution in [0.1, 0.15) is 19.8 Å². The van der Waals surface area contributed by atoms with Crippen LogP contribution in [-0.2, 0) is 0 Å². The van der Waals surface area contributed by atoms with E-state index >= 15 is 0 Å². The van der Waals surface area contributed by atoms with Crippen LogP contribution in [-0.4, -0.2) is 11.8 Å². The van der Waals surface area contributed by atoms with E-state index in [4.69, 9.17) is 0 Å². The predicted molar refractivity (Wildman–Crippen MR) is 34.5 cm³/mol. The molecule has 0 aromatic rings. The van der Waals surface area contributed by atoms with E-state index in [1.807, 2.05) is 0 Å². The summed E-state index contributed by atoms with van der Waals surface area (Å²) < 4.78 is 34.2.